The van der Waals surface area contributed by atoms with Gasteiger partial charge < -0.3 is 0 Å². The zero-order valence-electron chi connectivity index (χ0n) is 9.86. The molecule has 84 valence electrons. The van der Waals surface area contributed by atoms with E-state index in [1.54, 1.807) is 25.7 Å². The third-order valence-electron chi connectivity index (χ3n) is 6.40. The van der Waals surface area contributed by atoms with Crippen LogP contribution in [0.1, 0.15) is 32.6 Å². The lowest BCUT2D eigenvalue weighted by molar-refractivity contribution is 0.112. The fourth-order valence-corrected chi connectivity index (χ4v) is 7.56. The number of rotatable bonds is 1. The van der Waals surface area contributed by atoms with E-state index in [1.807, 2.05) is 0 Å². The van der Waals surface area contributed by atoms with E-state index in [0.29, 0.717) is 0 Å². The summed E-state index contributed by atoms with van der Waals surface area (Å²) < 4.78 is 0. The molecule has 0 aromatic heterocycles. The van der Waals surface area contributed by atoms with Crippen molar-refractivity contribution in [3.63, 3.8) is 0 Å². The van der Waals surface area contributed by atoms with E-state index < -0.39 is 0 Å². The Balaban J connectivity index is 1.71. The monoisotopic (exact) mass is 222 g/mol. The number of fused-ring (bicyclic) bond motifs is 9. The maximum atomic E-state index is 2.53. The van der Waals surface area contributed by atoms with Gasteiger partial charge in [0.1, 0.15) is 0 Å². The highest BCUT2D eigenvalue weighted by Gasteiger charge is 2.64. The van der Waals surface area contributed by atoms with Crippen LogP contribution in [0.25, 0.3) is 0 Å². The normalized spacial score (nSPS) is 65.2. The zero-order valence-corrected chi connectivity index (χ0v) is 10.7. The predicted octanol–water partition coefficient (Wildman–Crippen LogP) is 3.67. The van der Waals surface area contributed by atoms with Crippen LogP contribution in [-0.2, 0) is 0 Å². The fraction of sp³-hybridized carbons (Fsp3) is 1.00. The third kappa shape index (κ3) is 0.976. The van der Waals surface area contributed by atoms with E-state index in [0.717, 1.165) is 34.8 Å². The summed E-state index contributed by atoms with van der Waals surface area (Å²) in [5.41, 5.74) is 0. The number of hydrogen-bond acceptors (Lipinski definition) is 1. The van der Waals surface area contributed by atoms with Gasteiger partial charge in [0.05, 0.1) is 0 Å². The molecule has 4 aliphatic carbocycles. The van der Waals surface area contributed by atoms with Crippen molar-refractivity contribution in [1.82, 2.24) is 0 Å². The average molecular weight is 222 g/mol. The molecule has 0 aromatic carbocycles. The Hall–Kier alpha value is 0.350. The molecule has 8 atom stereocenters. The van der Waals surface area contributed by atoms with Crippen molar-refractivity contribution in [3.05, 3.63) is 0 Å². The summed E-state index contributed by atoms with van der Waals surface area (Å²) in [4.78, 5) is 0. The molecule has 0 spiro atoms. The van der Waals surface area contributed by atoms with Crippen molar-refractivity contribution in [1.29, 1.82) is 0 Å². The summed E-state index contributed by atoms with van der Waals surface area (Å²) in [6, 6.07) is 0. The summed E-state index contributed by atoms with van der Waals surface area (Å²) in [5, 5.41) is 1.07. The van der Waals surface area contributed by atoms with Crippen LogP contribution in [0.2, 0.25) is 0 Å². The second kappa shape index (κ2) is 2.97. The number of hydrogen-bond donors (Lipinski definition) is 0. The Morgan fingerprint density at radius 1 is 0.933 bits per heavy atom. The largest absolute Gasteiger partial charge is 0.161 e. The van der Waals surface area contributed by atoms with Crippen LogP contribution in [-0.4, -0.2) is 11.5 Å². The first-order valence-electron chi connectivity index (χ1n) is 6.84. The summed E-state index contributed by atoms with van der Waals surface area (Å²) in [6.07, 6.45) is 8.71. The van der Waals surface area contributed by atoms with Crippen molar-refractivity contribution in [3.8, 4) is 0 Å². The molecule has 0 aromatic rings. The first kappa shape index (κ1) is 9.39. The summed E-state index contributed by atoms with van der Waals surface area (Å²) in [6.45, 7) is 2.53. The SMILES string of the molecule is CSC1C2CCC1C1C3CC(CC3C)C21. The minimum atomic E-state index is 1.07. The topological polar surface area (TPSA) is 0 Å². The lowest BCUT2D eigenvalue weighted by Gasteiger charge is -2.37. The van der Waals surface area contributed by atoms with Crippen molar-refractivity contribution in [2.24, 2.45) is 41.4 Å². The van der Waals surface area contributed by atoms with Gasteiger partial charge in [-0.3, -0.25) is 0 Å². The van der Waals surface area contributed by atoms with Crippen molar-refractivity contribution >= 4 is 11.8 Å². The Morgan fingerprint density at radius 2 is 1.67 bits per heavy atom. The van der Waals surface area contributed by atoms with E-state index in [4.69, 9.17) is 0 Å². The Kier molecular flexibility index (Phi) is 1.86. The van der Waals surface area contributed by atoms with E-state index in [-0.39, 0.29) is 0 Å². The summed E-state index contributed by atoms with van der Waals surface area (Å²) >= 11 is 2.20. The van der Waals surface area contributed by atoms with Gasteiger partial charge in [-0.25, -0.2) is 0 Å². The van der Waals surface area contributed by atoms with Crippen molar-refractivity contribution < 1.29 is 0 Å². The third-order valence-corrected chi connectivity index (χ3v) is 7.65. The van der Waals surface area contributed by atoms with Gasteiger partial charge >= 0.3 is 0 Å². The molecule has 0 N–H and O–H groups in total. The van der Waals surface area contributed by atoms with E-state index in [9.17, 15) is 0 Å². The second-order valence-electron chi connectivity index (χ2n) is 6.63. The van der Waals surface area contributed by atoms with Gasteiger partial charge in [0.15, 0.2) is 0 Å². The van der Waals surface area contributed by atoms with Crippen LogP contribution in [0.15, 0.2) is 0 Å². The van der Waals surface area contributed by atoms with Gasteiger partial charge in [-0.05, 0) is 73.4 Å². The second-order valence-corrected chi connectivity index (χ2v) is 7.65. The molecule has 8 unspecified atom stereocenters. The molecule has 4 bridgehead atoms. The minimum absolute atomic E-state index is 1.07. The van der Waals surface area contributed by atoms with Gasteiger partial charge in [0.2, 0.25) is 0 Å². The van der Waals surface area contributed by atoms with Crippen LogP contribution in [0.4, 0.5) is 0 Å². The van der Waals surface area contributed by atoms with Gasteiger partial charge in [-0.2, -0.15) is 11.8 Å². The highest BCUT2D eigenvalue weighted by molar-refractivity contribution is 7.99. The Labute approximate surface area is 97.6 Å². The predicted molar refractivity (Wildman–Crippen MR) is 65.9 cm³/mol. The average Bonchev–Trinajstić information content (AvgIpc) is 2.90. The van der Waals surface area contributed by atoms with Crippen molar-refractivity contribution in [2.45, 2.75) is 37.9 Å². The van der Waals surface area contributed by atoms with E-state index >= 15 is 0 Å². The first-order valence-corrected chi connectivity index (χ1v) is 8.13. The van der Waals surface area contributed by atoms with Gasteiger partial charge in [-0.15, -0.1) is 0 Å². The lowest BCUT2D eigenvalue weighted by Crippen LogP contribution is -2.31. The highest BCUT2D eigenvalue weighted by Crippen LogP contribution is 2.70. The quantitative estimate of drug-likeness (QED) is 0.610. The molecule has 0 saturated heterocycles. The smallest absolute Gasteiger partial charge is 0.0106 e. The molecular weight excluding hydrogens is 200 g/mol. The standard InChI is InChI=1S/C14H22S/c1-7-5-8-6-11(7)13-10-4-3-9(12(8)13)14(10)15-2/h7-14H,3-6H2,1-2H3. The summed E-state index contributed by atoms with van der Waals surface area (Å²) in [5.74, 6) is 7.99. The fourth-order valence-electron chi connectivity index (χ4n) is 6.22. The molecule has 4 saturated carbocycles. The van der Waals surface area contributed by atoms with E-state index in [2.05, 4.69) is 24.9 Å². The molecular formula is C14H22S. The van der Waals surface area contributed by atoms with Gasteiger partial charge in [0.25, 0.3) is 0 Å². The van der Waals surface area contributed by atoms with Crippen LogP contribution in [0, 0.1) is 41.4 Å². The lowest BCUT2D eigenvalue weighted by atomic mass is 9.68. The van der Waals surface area contributed by atoms with E-state index in [1.165, 1.54) is 11.8 Å². The van der Waals surface area contributed by atoms with Crippen LogP contribution < -0.4 is 0 Å². The minimum Gasteiger partial charge on any atom is -0.161 e. The van der Waals surface area contributed by atoms with Crippen LogP contribution >= 0.6 is 11.8 Å². The van der Waals surface area contributed by atoms with Crippen LogP contribution in [0.5, 0.6) is 0 Å². The summed E-state index contributed by atoms with van der Waals surface area (Å²) in [7, 11) is 0. The Bertz CT molecular complexity index is 287. The molecule has 4 aliphatic rings. The van der Waals surface area contributed by atoms with Gasteiger partial charge in [0, 0.05) is 5.25 Å². The maximum Gasteiger partial charge on any atom is 0.0106 e. The highest BCUT2D eigenvalue weighted by atomic mass is 32.2. The molecule has 0 heterocycles. The van der Waals surface area contributed by atoms with Gasteiger partial charge in [-0.1, -0.05) is 6.92 Å². The van der Waals surface area contributed by atoms with Crippen LogP contribution in [0.3, 0.4) is 0 Å². The molecule has 0 nitrogen and oxygen atoms in total. The number of thioether (sulfide) groups is 1. The molecule has 0 radical (unpaired) electrons. The Morgan fingerprint density at radius 3 is 2.40 bits per heavy atom. The van der Waals surface area contributed by atoms with Crippen molar-refractivity contribution in [2.75, 3.05) is 6.26 Å². The molecule has 4 rings (SSSR count). The molecule has 0 amide bonds. The molecule has 4 fully saturated rings. The molecule has 15 heavy (non-hydrogen) atoms. The maximum absolute atomic E-state index is 2.53. The molecule has 1 heteroatoms. The molecule has 0 aliphatic heterocycles. The first-order chi connectivity index (χ1) is 7.31. The zero-order chi connectivity index (χ0) is 10.2.